The lowest BCUT2D eigenvalue weighted by Crippen LogP contribution is -2.33. The summed E-state index contributed by atoms with van der Waals surface area (Å²) < 4.78 is 1.73. The van der Waals surface area contributed by atoms with Crippen molar-refractivity contribution in [1.29, 1.82) is 0 Å². The summed E-state index contributed by atoms with van der Waals surface area (Å²) in [5.74, 6) is 0.952. The van der Waals surface area contributed by atoms with E-state index in [2.05, 4.69) is 23.7 Å². The predicted octanol–water partition coefficient (Wildman–Crippen LogP) is 2.36. The molecule has 0 aromatic carbocycles. The predicted molar refractivity (Wildman–Crippen MR) is 75.4 cm³/mol. The van der Waals surface area contributed by atoms with Gasteiger partial charge in [0.05, 0.1) is 0 Å². The van der Waals surface area contributed by atoms with Gasteiger partial charge in [0.25, 0.3) is 5.56 Å². The third kappa shape index (κ3) is 3.82. The van der Waals surface area contributed by atoms with E-state index in [0.717, 1.165) is 25.5 Å². The van der Waals surface area contributed by atoms with Gasteiger partial charge in [-0.3, -0.25) is 9.36 Å². The number of likely N-dealkylation sites (N-methyl/N-ethyl adjacent to an activating group) is 1. The third-order valence-corrected chi connectivity index (χ3v) is 3.25. The largest absolute Gasteiger partial charge is 0.302 e. The van der Waals surface area contributed by atoms with Gasteiger partial charge in [0.2, 0.25) is 0 Å². The molecule has 0 bridgehead atoms. The number of halogens is 1. The van der Waals surface area contributed by atoms with Crippen molar-refractivity contribution in [3.63, 3.8) is 0 Å². The van der Waals surface area contributed by atoms with Gasteiger partial charge in [0.1, 0.15) is 11.0 Å². The molecule has 102 valence electrons. The molecule has 0 unspecified atom stereocenters. The van der Waals surface area contributed by atoms with Crippen LogP contribution in [0.1, 0.15) is 39.4 Å². The molecule has 0 amide bonds. The molecular weight excluding hydrogens is 250 g/mol. The molecule has 0 fully saturated rings. The fraction of sp³-hybridized carbons (Fsp3) is 0.692. The van der Waals surface area contributed by atoms with Crippen molar-refractivity contribution in [2.75, 3.05) is 19.6 Å². The molecule has 0 N–H and O–H groups in total. The monoisotopic (exact) mass is 271 g/mol. The summed E-state index contributed by atoms with van der Waals surface area (Å²) in [6.07, 6.45) is 0. The molecule has 18 heavy (non-hydrogen) atoms. The zero-order valence-electron chi connectivity index (χ0n) is 11.6. The first-order valence-electron chi connectivity index (χ1n) is 6.49. The lowest BCUT2D eigenvalue weighted by molar-refractivity contribution is 0.286. The molecule has 0 radical (unpaired) electrons. The Labute approximate surface area is 114 Å². The molecule has 1 aromatic heterocycles. The average Bonchev–Trinajstić information content (AvgIpc) is 2.31. The number of aromatic nitrogens is 2. The van der Waals surface area contributed by atoms with Crippen LogP contribution in [-0.2, 0) is 6.54 Å². The van der Waals surface area contributed by atoms with Crippen LogP contribution in [0.5, 0.6) is 0 Å². The van der Waals surface area contributed by atoms with Gasteiger partial charge in [0.15, 0.2) is 0 Å². The quantitative estimate of drug-likeness (QED) is 0.746. The Morgan fingerprint density at radius 1 is 1.39 bits per heavy atom. The molecular formula is C13H22ClN3O. The Kier molecular flexibility index (Phi) is 5.82. The van der Waals surface area contributed by atoms with E-state index in [-0.39, 0.29) is 16.6 Å². The van der Waals surface area contributed by atoms with E-state index in [4.69, 9.17) is 11.6 Å². The minimum atomic E-state index is -0.0640. The maximum absolute atomic E-state index is 12.0. The SMILES string of the molecule is CCN(CC)CCn1c(C(C)C)nc(Cl)cc1=O. The fourth-order valence-electron chi connectivity index (χ4n) is 1.94. The maximum atomic E-state index is 12.0. The second kappa shape index (κ2) is 6.90. The fourth-order valence-corrected chi connectivity index (χ4v) is 2.12. The van der Waals surface area contributed by atoms with Crippen molar-refractivity contribution in [3.05, 3.63) is 27.4 Å². The van der Waals surface area contributed by atoms with Crippen LogP contribution in [0, 0.1) is 0 Å². The molecule has 1 heterocycles. The Bertz CT molecular complexity index is 438. The van der Waals surface area contributed by atoms with E-state index in [1.165, 1.54) is 6.07 Å². The summed E-state index contributed by atoms with van der Waals surface area (Å²) in [7, 11) is 0. The molecule has 0 spiro atoms. The number of rotatable bonds is 6. The molecule has 1 rings (SSSR count). The van der Waals surface area contributed by atoms with Crippen LogP contribution in [0.3, 0.4) is 0 Å². The topological polar surface area (TPSA) is 38.1 Å². The van der Waals surface area contributed by atoms with Crippen LogP contribution < -0.4 is 5.56 Å². The molecule has 5 heteroatoms. The first-order valence-corrected chi connectivity index (χ1v) is 6.87. The molecule has 0 aliphatic heterocycles. The number of nitrogens with zero attached hydrogens (tertiary/aromatic N) is 3. The minimum absolute atomic E-state index is 0.0640. The van der Waals surface area contributed by atoms with Crippen LogP contribution in [0.4, 0.5) is 0 Å². The van der Waals surface area contributed by atoms with E-state index in [0.29, 0.717) is 6.54 Å². The van der Waals surface area contributed by atoms with Gasteiger partial charge in [-0.15, -0.1) is 0 Å². The molecule has 4 nitrogen and oxygen atoms in total. The summed E-state index contributed by atoms with van der Waals surface area (Å²) in [4.78, 5) is 18.5. The summed E-state index contributed by atoms with van der Waals surface area (Å²) in [6.45, 7) is 11.8. The van der Waals surface area contributed by atoms with E-state index in [9.17, 15) is 4.79 Å². The lowest BCUT2D eigenvalue weighted by atomic mass is 10.2. The average molecular weight is 272 g/mol. The Balaban J connectivity index is 2.97. The molecule has 0 aliphatic rings. The second-order valence-electron chi connectivity index (χ2n) is 4.61. The van der Waals surface area contributed by atoms with E-state index in [1.54, 1.807) is 4.57 Å². The van der Waals surface area contributed by atoms with E-state index in [1.807, 2.05) is 13.8 Å². The molecule has 0 atom stereocenters. The summed E-state index contributed by atoms with van der Waals surface area (Å²) in [5.41, 5.74) is -0.0640. The Hall–Kier alpha value is -0.870. The van der Waals surface area contributed by atoms with Crippen molar-refractivity contribution in [1.82, 2.24) is 14.5 Å². The zero-order chi connectivity index (χ0) is 13.7. The summed E-state index contributed by atoms with van der Waals surface area (Å²) in [6, 6.07) is 1.38. The summed E-state index contributed by atoms with van der Waals surface area (Å²) >= 11 is 5.85. The van der Waals surface area contributed by atoms with Crippen molar-refractivity contribution >= 4 is 11.6 Å². The minimum Gasteiger partial charge on any atom is -0.302 e. The zero-order valence-corrected chi connectivity index (χ0v) is 12.4. The van der Waals surface area contributed by atoms with Crippen LogP contribution >= 0.6 is 11.6 Å². The highest BCUT2D eigenvalue weighted by atomic mass is 35.5. The van der Waals surface area contributed by atoms with Crippen molar-refractivity contribution in [3.8, 4) is 0 Å². The normalized spacial score (nSPS) is 11.5. The number of hydrogen-bond acceptors (Lipinski definition) is 3. The van der Waals surface area contributed by atoms with Crippen LogP contribution in [0.25, 0.3) is 0 Å². The first-order chi connectivity index (χ1) is 8.49. The molecule has 0 saturated heterocycles. The van der Waals surface area contributed by atoms with Gasteiger partial charge in [-0.05, 0) is 13.1 Å². The highest BCUT2D eigenvalue weighted by Gasteiger charge is 2.12. The molecule has 1 aromatic rings. The Morgan fingerprint density at radius 3 is 2.50 bits per heavy atom. The van der Waals surface area contributed by atoms with Gasteiger partial charge in [0, 0.05) is 25.1 Å². The first kappa shape index (κ1) is 15.2. The van der Waals surface area contributed by atoms with Crippen molar-refractivity contribution < 1.29 is 0 Å². The van der Waals surface area contributed by atoms with Gasteiger partial charge in [-0.2, -0.15) is 0 Å². The van der Waals surface area contributed by atoms with Gasteiger partial charge < -0.3 is 4.90 Å². The Morgan fingerprint density at radius 2 is 2.00 bits per heavy atom. The van der Waals surface area contributed by atoms with Crippen LogP contribution in [0.2, 0.25) is 5.15 Å². The lowest BCUT2D eigenvalue weighted by Gasteiger charge is -2.20. The molecule has 0 saturated carbocycles. The van der Waals surface area contributed by atoms with Crippen LogP contribution in [-0.4, -0.2) is 34.1 Å². The van der Waals surface area contributed by atoms with E-state index >= 15 is 0 Å². The third-order valence-electron chi connectivity index (χ3n) is 3.06. The summed E-state index contributed by atoms with van der Waals surface area (Å²) in [5, 5.41) is 0.280. The van der Waals surface area contributed by atoms with E-state index < -0.39 is 0 Å². The van der Waals surface area contributed by atoms with Gasteiger partial charge >= 0.3 is 0 Å². The highest BCUT2D eigenvalue weighted by molar-refractivity contribution is 6.29. The van der Waals surface area contributed by atoms with Crippen molar-refractivity contribution in [2.45, 2.75) is 40.2 Å². The second-order valence-corrected chi connectivity index (χ2v) is 5.00. The standard InChI is InChI=1S/C13H22ClN3O/c1-5-16(6-2)7-8-17-12(18)9-11(14)15-13(17)10(3)4/h9-10H,5-8H2,1-4H3. The molecule has 0 aliphatic carbocycles. The maximum Gasteiger partial charge on any atom is 0.255 e. The van der Waals surface area contributed by atoms with Crippen LogP contribution in [0.15, 0.2) is 10.9 Å². The van der Waals surface area contributed by atoms with Gasteiger partial charge in [-0.1, -0.05) is 39.3 Å². The number of hydrogen-bond donors (Lipinski definition) is 0. The smallest absolute Gasteiger partial charge is 0.255 e. The van der Waals surface area contributed by atoms with Gasteiger partial charge in [-0.25, -0.2) is 4.98 Å². The van der Waals surface area contributed by atoms with Crippen molar-refractivity contribution in [2.24, 2.45) is 0 Å². The highest BCUT2D eigenvalue weighted by Crippen LogP contribution is 2.12.